The van der Waals surface area contributed by atoms with E-state index in [0.29, 0.717) is 13.2 Å². The van der Waals surface area contributed by atoms with Gasteiger partial charge in [0.25, 0.3) is 0 Å². The number of rotatable bonds is 2. The summed E-state index contributed by atoms with van der Waals surface area (Å²) in [5.74, 6) is -0.103. The third kappa shape index (κ3) is 2.12. The number of fused-ring (bicyclic) bond motifs is 1. The van der Waals surface area contributed by atoms with Crippen LogP contribution >= 0.6 is 0 Å². The standard InChI is InChI=1S/C15H16N4O2/c20-15-14(7-9-21-15)18-8-6-13-12(10-18)16-17-19(13)11-4-2-1-3-5-11/h1-5,14H,6-10H2. The maximum absolute atomic E-state index is 11.7. The molecule has 1 saturated heterocycles. The zero-order valence-corrected chi connectivity index (χ0v) is 11.6. The number of hydrogen-bond acceptors (Lipinski definition) is 5. The van der Waals surface area contributed by atoms with Crippen LogP contribution in [0.15, 0.2) is 30.3 Å². The van der Waals surface area contributed by atoms with Gasteiger partial charge in [-0.25, -0.2) is 4.68 Å². The van der Waals surface area contributed by atoms with Crippen molar-refractivity contribution in [3.63, 3.8) is 0 Å². The molecule has 3 heterocycles. The highest BCUT2D eigenvalue weighted by Gasteiger charge is 2.35. The first-order valence-electron chi connectivity index (χ1n) is 7.22. The van der Waals surface area contributed by atoms with Gasteiger partial charge in [-0.15, -0.1) is 5.10 Å². The third-order valence-corrected chi connectivity index (χ3v) is 4.18. The van der Waals surface area contributed by atoms with Gasteiger partial charge in [0, 0.05) is 25.9 Å². The molecule has 2 aliphatic heterocycles. The Morgan fingerprint density at radius 2 is 2.10 bits per heavy atom. The Hall–Kier alpha value is -2.21. The normalized spacial score (nSPS) is 22.1. The maximum atomic E-state index is 11.7. The third-order valence-electron chi connectivity index (χ3n) is 4.18. The first kappa shape index (κ1) is 12.5. The van der Waals surface area contributed by atoms with Crippen molar-refractivity contribution in [2.24, 2.45) is 0 Å². The fraction of sp³-hybridized carbons (Fsp3) is 0.400. The zero-order chi connectivity index (χ0) is 14.2. The predicted molar refractivity (Wildman–Crippen MR) is 74.8 cm³/mol. The van der Waals surface area contributed by atoms with Crippen molar-refractivity contribution in [1.29, 1.82) is 0 Å². The Bertz CT molecular complexity index is 668. The summed E-state index contributed by atoms with van der Waals surface area (Å²) in [5, 5.41) is 8.57. The van der Waals surface area contributed by atoms with Crippen LogP contribution in [-0.2, 0) is 22.5 Å². The summed E-state index contributed by atoms with van der Waals surface area (Å²) in [6.07, 6.45) is 1.63. The van der Waals surface area contributed by atoms with Gasteiger partial charge in [0.05, 0.1) is 18.0 Å². The van der Waals surface area contributed by atoms with Crippen LogP contribution < -0.4 is 0 Å². The first-order chi connectivity index (χ1) is 10.3. The predicted octanol–water partition coefficient (Wildman–Crippen LogP) is 0.941. The molecule has 1 aromatic carbocycles. The van der Waals surface area contributed by atoms with Gasteiger partial charge in [-0.1, -0.05) is 23.4 Å². The Balaban J connectivity index is 1.60. The van der Waals surface area contributed by atoms with Crippen molar-refractivity contribution in [1.82, 2.24) is 19.9 Å². The van der Waals surface area contributed by atoms with E-state index in [-0.39, 0.29) is 12.0 Å². The lowest BCUT2D eigenvalue weighted by atomic mass is 10.1. The second-order valence-corrected chi connectivity index (χ2v) is 5.42. The molecule has 0 saturated carbocycles. The summed E-state index contributed by atoms with van der Waals surface area (Å²) < 4.78 is 6.96. The number of ether oxygens (including phenoxy) is 1. The number of esters is 1. The maximum Gasteiger partial charge on any atom is 0.323 e. The van der Waals surface area contributed by atoms with Crippen LogP contribution in [0.5, 0.6) is 0 Å². The van der Waals surface area contributed by atoms with Gasteiger partial charge in [-0.05, 0) is 12.1 Å². The molecule has 0 radical (unpaired) electrons. The number of aromatic nitrogens is 3. The van der Waals surface area contributed by atoms with Crippen molar-refractivity contribution in [3.8, 4) is 5.69 Å². The molecule has 2 aromatic rings. The molecule has 1 aromatic heterocycles. The molecular formula is C15H16N4O2. The van der Waals surface area contributed by atoms with E-state index in [4.69, 9.17) is 4.74 Å². The minimum Gasteiger partial charge on any atom is -0.464 e. The highest BCUT2D eigenvalue weighted by Crippen LogP contribution is 2.24. The molecule has 0 amide bonds. The van der Waals surface area contributed by atoms with Crippen LogP contribution in [-0.4, -0.2) is 45.1 Å². The molecular weight excluding hydrogens is 268 g/mol. The Kier molecular flexibility index (Phi) is 2.96. The number of carbonyl (C=O) groups is 1. The molecule has 2 aliphatic rings. The lowest BCUT2D eigenvalue weighted by Crippen LogP contribution is -2.42. The molecule has 0 spiro atoms. The first-order valence-corrected chi connectivity index (χ1v) is 7.22. The highest BCUT2D eigenvalue weighted by atomic mass is 16.5. The quantitative estimate of drug-likeness (QED) is 0.768. The van der Waals surface area contributed by atoms with E-state index in [0.717, 1.165) is 36.5 Å². The van der Waals surface area contributed by atoms with Crippen LogP contribution in [0, 0.1) is 0 Å². The van der Waals surface area contributed by atoms with Gasteiger partial charge in [0.2, 0.25) is 0 Å². The number of hydrogen-bond donors (Lipinski definition) is 0. The summed E-state index contributed by atoms with van der Waals surface area (Å²) in [6.45, 7) is 2.04. The Labute approximate surface area is 122 Å². The summed E-state index contributed by atoms with van der Waals surface area (Å²) in [5.41, 5.74) is 3.13. The van der Waals surface area contributed by atoms with Crippen molar-refractivity contribution in [2.45, 2.75) is 25.4 Å². The van der Waals surface area contributed by atoms with E-state index in [1.807, 2.05) is 35.0 Å². The van der Waals surface area contributed by atoms with Gasteiger partial charge in [0.1, 0.15) is 11.7 Å². The number of nitrogens with zero attached hydrogens (tertiary/aromatic N) is 4. The van der Waals surface area contributed by atoms with Crippen molar-refractivity contribution in [3.05, 3.63) is 41.7 Å². The van der Waals surface area contributed by atoms with Crippen LogP contribution in [0.25, 0.3) is 5.69 Å². The SMILES string of the molecule is O=C1OCCC1N1CCc2c(nnn2-c2ccccc2)C1. The van der Waals surface area contributed by atoms with E-state index in [1.54, 1.807) is 0 Å². The van der Waals surface area contributed by atoms with Gasteiger partial charge in [-0.2, -0.15) is 0 Å². The lowest BCUT2D eigenvalue weighted by molar-refractivity contribution is -0.142. The van der Waals surface area contributed by atoms with Crippen molar-refractivity contribution in [2.75, 3.05) is 13.2 Å². The highest BCUT2D eigenvalue weighted by molar-refractivity contribution is 5.77. The smallest absolute Gasteiger partial charge is 0.323 e. The van der Waals surface area contributed by atoms with Gasteiger partial charge in [0.15, 0.2) is 0 Å². The van der Waals surface area contributed by atoms with Crippen LogP contribution in [0.1, 0.15) is 17.8 Å². The molecule has 108 valence electrons. The minimum absolute atomic E-state index is 0.103. The summed E-state index contributed by atoms with van der Waals surface area (Å²) in [6, 6.07) is 9.91. The summed E-state index contributed by atoms with van der Waals surface area (Å²) in [4.78, 5) is 13.9. The number of benzene rings is 1. The van der Waals surface area contributed by atoms with E-state index in [1.165, 1.54) is 0 Å². The van der Waals surface area contributed by atoms with Crippen molar-refractivity contribution >= 4 is 5.97 Å². The second-order valence-electron chi connectivity index (χ2n) is 5.42. The average molecular weight is 284 g/mol. The van der Waals surface area contributed by atoms with E-state index >= 15 is 0 Å². The topological polar surface area (TPSA) is 60.2 Å². The van der Waals surface area contributed by atoms with Crippen LogP contribution in [0.2, 0.25) is 0 Å². The molecule has 4 rings (SSSR count). The Morgan fingerprint density at radius 1 is 1.24 bits per heavy atom. The lowest BCUT2D eigenvalue weighted by Gasteiger charge is -2.29. The fourth-order valence-electron chi connectivity index (χ4n) is 3.09. The molecule has 0 bridgehead atoms. The summed E-state index contributed by atoms with van der Waals surface area (Å²) >= 11 is 0. The fourth-order valence-corrected chi connectivity index (χ4v) is 3.09. The number of para-hydroxylation sites is 1. The molecule has 6 nitrogen and oxygen atoms in total. The minimum atomic E-state index is -0.111. The van der Waals surface area contributed by atoms with Crippen molar-refractivity contribution < 1.29 is 9.53 Å². The van der Waals surface area contributed by atoms with E-state index in [9.17, 15) is 4.79 Å². The van der Waals surface area contributed by atoms with Gasteiger partial charge >= 0.3 is 5.97 Å². The average Bonchev–Trinajstić information content (AvgIpc) is 3.13. The molecule has 1 unspecified atom stereocenters. The van der Waals surface area contributed by atoms with Crippen LogP contribution in [0.3, 0.4) is 0 Å². The van der Waals surface area contributed by atoms with Crippen LogP contribution in [0.4, 0.5) is 0 Å². The summed E-state index contributed by atoms with van der Waals surface area (Å²) in [7, 11) is 0. The molecule has 0 N–H and O–H groups in total. The Morgan fingerprint density at radius 3 is 2.86 bits per heavy atom. The number of cyclic esters (lactones) is 1. The molecule has 21 heavy (non-hydrogen) atoms. The monoisotopic (exact) mass is 284 g/mol. The van der Waals surface area contributed by atoms with Gasteiger partial charge < -0.3 is 4.74 Å². The molecule has 1 fully saturated rings. The zero-order valence-electron chi connectivity index (χ0n) is 11.6. The largest absolute Gasteiger partial charge is 0.464 e. The molecule has 6 heteroatoms. The van der Waals surface area contributed by atoms with Gasteiger partial charge in [-0.3, -0.25) is 9.69 Å². The number of carbonyl (C=O) groups excluding carboxylic acids is 1. The second kappa shape index (κ2) is 4.96. The van der Waals surface area contributed by atoms with E-state index < -0.39 is 0 Å². The molecule has 0 aliphatic carbocycles. The molecule has 1 atom stereocenters. The van der Waals surface area contributed by atoms with E-state index in [2.05, 4.69) is 15.2 Å².